The van der Waals surface area contributed by atoms with Gasteiger partial charge in [-0.05, 0) is 24.1 Å². The minimum absolute atomic E-state index is 0.200. The van der Waals surface area contributed by atoms with Gasteiger partial charge < -0.3 is 10.2 Å². The summed E-state index contributed by atoms with van der Waals surface area (Å²) in [6.45, 7) is 1.02. The van der Waals surface area contributed by atoms with Crippen LogP contribution in [0.3, 0.4) is 0 Å². The fraction of sp³-hybridized carbons (Fsp3) is 0.538. The van der Waals surface area contributed by atoms with Crippen molar-refractivity contribution in [3.8, 4) is 0 Å². The number of hydrogen-bond donors (Lipinski definition) is 2. The molecule has 2 atom stereocenters. The van der Waals surface area contributed by atoms with Crippen LogP contribution in [0.4, 0.5) is 26.3 Å². The van der Waals surface area contributed by atoms with Crippen LogP contribution in [0.2, 0.25) is 5.02 Å². The molecule has 1 rings (SSSR count). The molecule has 126 valence electrons. The van der Waals surface area contributed by atoms with Crippen LogP contribution in [0, 0.1) is 5.92 Å². The van der Waals surface area contributed by atoms with Crippen LogP contribution in [-0.2, 0) is 0 Å². The molecule has 0 amide bonds. The molecule has 0 spiro atoms. The van der Waals surface area contributed by atoms with E-state index < -0.39 is 36.4 Å². The second kappa shape index (κ2) is 6.25. The predicted molar refractivity (Wildman–Crippen MR) is 67.3 cm³/mol. The second-order valence-corrected chi connectivity index (χ2v) is 5.21. The molecule has 0 aromatic heterocycles. The lowest BCUT2D eigenvalue weighted by atomic mass is 9.78. The van der Waals surface area contributed by atoms with Crippen molar-refractivity contribution >= 4 is 11.6 Å². The van der Waals surface area contributed by atoms with Gasteiger partial charge in [-0.2, -0.15) is 26.3 Å². The van der Waals surface area contributed by atoms with Crippen LogP contribution < -0.4 is 0 Å². The van der Waals surface area contributed by atoms with Crippen LogP contribution in [0.5, 0.6) is 0 Å². The lowest BCUT2D eigenvalue weighted by Crippen LogP contribution is -2.62. The zero-order chi connectivity index (χ0) is 17.3. The first-order valence-corrected chi connectivity index (χ1v) is 6.53. The molecule has 22 heavy (non-hydrogen) atoms. The maximum Gasteiger partial charge on any atom is 0.426 e. The van der Waals surface area contributed by atoms with Gasteiger partial charge in [0.2, 0.25) is 0 Å². The van der Waals surface area contributed by atoms with E-state index in [2.05, 4.69) is 0 Å². The van der Waals surface area contributed by atoms with Crippen LogP contribution in [0.15, 0.2) is 24.3 Å². The molecule has 2 nitrogen and oxygen atoms in total. The van der Waals surface area contributed by atoms with Crippen molar-refractivity contribution in [1.82, 2.24) is 0 Å². The van der Waals surface area contributed by atoms with E-state index in [9.17, 15) is 36.6 Å². The minimum atomic E-state index is -5.99. The minimum Gasteiger partial charge on any atom is -0.388 e. The Morgan fingerprint density at radius 2 is 1.41 bits per heavy atom. The van der Waals surface area contributed by atoms with Gasteiger partial charge in [-0.1, -0.05) is 30.7 Å². The maximum absolute atomic E-state index is 12.9. The summed E-state index contributed by atoms with van der Waals surface area (Å²) in [6.07, 6.45) is -14.9. The summed E-state index contributed by atoms with van der Waals surface area (Å²) in [5.74, 6) is -2.52. The zero-order valence-corrected chi connectivity index (χ0v) is 12.0. The monoisotopic (exact) mass is 350 g/mol. The quantitative estimate of drug-likeness (QED) is 0.797. The van der Waals surface area contributed by atoms with Gasteiger partial charge in [0.25, 0.3) is 5.60 Å². The van der Waals surface area contributed by atoms with Gasteiger partial charge in [-0.25, -0.2) is 0 Å². The maximum atomic E-state index is 12.9. The molecule has 0 aliphatic rings. The predicted octanol–water partition coefficient (Wildman–Crippen LogP) is 4.26. The average Bonchev–Trinajstić information content (AvgIpc) is 2.37. The van der Waals surface area contributed by atoms with E-state index in [0.29, 0.717) is 0 Å². The molecular weight excluding hydrogens is 338 g/mol. The Labute approximate surface area is 127 Å². The highest BCUT2D eigenvalue weighted by molar-refractivity contribution is 6.30. The summed E-state index contributed by atoms with van der Waals surface area (Å²) in [5.41, 5.74) is -5.23. The van der Waals surface area contributed by atoms with Gasteiger partial charge in [0.05, 0.1) is 6.10 Å². The molecule has 0 radical (unpaired) electrons. The van der Waals surface area contributed by atoms with Gasteiger partial charge in [-0.15, -0.1) is 0 Å². The van der Waals surface area contributed by atoms with Crippen LogP contribution in [0.25, 0.3) is 0 Å². The lowest BCUT2D eigenvalue weighted by Gasteiger charge is -2.40. The molecule has 0 fully saturated rings. The highest BCUT2D eigenvalue weighted by Gasteiger charge is 2.74. The van der Waals surface area contributed by atoms with Gasteiger partial charge >= 0.3 is 12.4 Å². The smallest absolute Gasteiger partial charge is 0.388 e. The van der Waals surface area contributed by atoms with E-state index in [1.165, 1.54) is 12.1 Å². The Balaban J connectivity index is 3.34. The Morgan fingerprint density at radius 3 is 1.73 bits per heavy atom. The Kier molecular flexibility index (Phi) is 5.42. The molecule has 0 aliphatic heterocycles. The second-order valence-electron chi connectivity index (χ2n) is 4.77. The van der Waals surface area contributed by atoms with E-state index in [1.807, 2.05) is 0 Å². The third-order valence-electron chi connectivity index (χ3n) is 3.43. The average molecular weight is 351 g/mol. The molecule has 0 aliphatic carbocycles. The van der Waals surface area contributed by atoms with Crippen molar-refractivity contribution in [3.05, 3.63) is 34.9 Å². The van der Waals surface area contributed by atoms with Gasteiger partial charge in [0, 0.05) is 10.9 Å². The van der Waals surface area contributed by atoms with E-state index in [0.717, 1.165) is 19.1 Å². The molecule has 0 unspecified atom stereocenters. The summed E-state index contributed by atoms with van der Waals surface area (Å²) >= 11 is 5.57. The molecular formula is C13H13ClF6O2. The fourth-order valence-electron chi connectivity index (χ4n) is 2.22. The summed E-state index contributed by atoms with van der Waals surface area (Å²) in [7, 11) is 0. The van der Waals surface area contributed by atoms with E-state index in [1.54, 1.807) is 0 Å². The Bertz CT molecular complexity index is 483. The van der Waals surface area contributed by atoms with Crippen LogP contribution >= 0.6 is 11.6 Å². The van der Waals surface area contributed by atoms with E-state index >= 15 is 0 Å². The molecule has 0 saturated carbocycles. The highest BCUT2D eigenvalue weighted by Crippen LogP contribution is 2.52. The first kappa shape index (κ1) is 19.1. The third-order valence-corrected chi connectivity index (χ3v) is 3.69. The van der Waals surface area contributed by atoms with Crippen molar-refractivity contribution < 1.29 is 36.6 Å². The number of hydrogen-bond acceptors (Lipinski definition) is 2. The summed E-state index contributed by atoms with van der Waals surface area (Å²) in [6, 6.07) is 4.63. The van der Waals surface area contributed by atoms with Gasteiger partial charge in [-0.3, -0.25) is 0 Å². The van der Waals surface area contributed by atoms with Crippen molar-refractivity contribution in [2.45, 2.75) is 37.4 Å². The number of aliphatic hydroxyl groups is 2. The van der Waals surface area contributed by atoms with Gasteiger partial charge in [0.1, 0.15) is 0 Å². The van der Waals surface area contributed by atoms with E-state index in [-0.39, 0.29) is 10.6 Å². The Morgan fingerprint density at radius 1 is 1.00 bits per heavy atom. The lowest BCUT2D eigenvalue weighted by molar-refractivity contribution is -0.392. The van der Waals surface area contributed by atoms with Crippen LogP contribution in [-0.4, -0.2) is 28.2 Å². The number of alkyl halides is 6. The molecule has 0 heterocycles. The Hall–Kier alpha value is -0.990. The van der Waals surface area contributed by atoms with Crippen molar-refractivity contribution in [2.75, 3.05) is 0 Å². The molecule has 9 heteroatoms. The first-order valence-electron chi connectivity index (χ1n) is 6.15. The molecule has 2 N–H and O–H groups in total. The SMILES string of the molecule is CC[C@@H]([C@@H](O)c1ccc(Cl)cc1)C(O)(C(F)(F)F)C(F)(F)F. The first-order chi connectivity index (χ1) is 9.86. The number of benzene rings is 1. The number of aliphatic hydroxyl groups excluding tert-OH is 1. The topological polar surface area (TPSA) is 40.5 Å². The molecule has 0 bridgehead atoms. The molecule has 1 aromatic rings. The normalized spacial score (nSPS) is 16.5. The highest BCUT2D eigenvalue weighted by atomic mass is 35.5. The van der Waals surface area contributed by atoms with Crippen molar-refractivity contribution in [2.24, 2.45) is 5.92 Å². The van der Waals surface area contributed by atoms with Crippen molar-refractivity contribution in [1.29, 1.82) is 0 Å². The number of halogens is 7. The van der Waals surface area contributed by atoms with E-state index in [4.69, 9.17) is 11.6 Å². The fourth-order valence-corrected chi connectivity index (χ4v) is 2.35. The van der Waals surface area contributed by atoms with Crippen LogP contribution in [0.1, 0.15) is 25.0 Å². The number of rotatable bonds is 4. The standard InChI is InChI=1S/C13H13ClF6O2/c1-2-9(10(21)7-3-5-8(14)6-4-7)11(22,12(15,16)17)13(18,19)20/h3-6,9-10,21-22H,2H2,1H3/t9-,10-/m0/s1. The molecule has 1 aromatic carbocycles. The summed E-state index contributed by atoms with van der Waals surface area (Å²) in [4.78, 5) is 0. The third kappa shape index (κ3) is 3.33. The van der Waals surface area contributed by atoms with Crippen molar-refractivity contribution in [3.63, 3.8) is 0 Å². The molecule has 0 saturated heterocycles. The summed E-state index contributed by atoms with van der Waals surface area (Å²) < 4.78 is 77.3. The zero-order valence-electron chi connectivity index (χ0n) is 11.2. The van der Waals surface area contributed by atoms with Gasteiger partial charge in [0.15, 0.2) is 0 Å². The largest absolute Gasteiger partial charge is 0.426 e. The summed E-state index contributed by atoms with van der Waals surface area (Å²) in [5, 5.41) is 19.5.